The highest BCUT2D eigenvalue weighted by Gasteiger charge is 2.15. The summed E-state index contributed by atoms with van der Waals surface area (Å²) >= 11 is 1.33. The van der Waals surface area contributed by atoms with Gasteiger partial charge in [0, 0.05) is 9.79 Å². The Morgan fingerprint density at radius 3 is 2.17 bits per heavy atom. The third kappa shape index (κ3) is 4.36. The van der Waals surface area contributed by atoms with E-state index in [1.54, 1.807) is 30.3 Å². The van der Waals surface area contributed by atoms with E-state index in [9.17, 15) is 14.4 Å². The van der Waals surface area contributed by atoms with Gasteiger partial charge in [-0.2, -0.15) is 0 Å². The maximum Gasteiger partial charge on any atom is 0.338 e. The molecule has 0 fully saturated rings. The fourth-order valence-electron chi connectivity index (χ4n) is 2.04. The Kier molecular flexibility index (Phi) is 5.59. The summed E-state index contributed by atoms with van der Waals surface area (Å²) in [5.41, 5.74) is 0.762. The predicted molar refractivity (Wildman–Crippen MR) is 86.6 cm³/mol. The molecule has 0 aliphatic carbocycles. The Morgan fingerprint density at radius 2 is 1.62 bits per heavy atom. The molecule has 0 aliphatic rings. The lowest BCUT2D eigenvalue weighted by molar-refractivity contribution is -0.136. The molecule has 24 heavy (non-hydrogen) atoms. The van der Waals surface area contributed by atoms with Gasteiger partial charge in [0.15, 0.2) is 0 Å². The molecule has 124 valence electrons. The highest BCUT2D eigenvalue weighted by molar-refractivity contribution is 7.99. The minimum absolute atomic E-state index is 0.186. The number of esters is 1. The van der Waals surface area contributed by atoms with Crippen molar-refractivity contribution in [2.75, 3.05) is 7.11 Å². The molecule has 0 saturated carbocycles. The summed E-state index contributed by atoms with van der Waals surface area (Å²) in [5, 5.41) is 17.8. The van der Waals surface area contributed by atoms with Crippen LogP contribution in [0.1, 0.15) is 26.3 Å². The van der Waals surface area contributed by atoms with E-state index in [-0.39, 0.29) is 17.5 Å². The summed E-state index contributed by atoms with van der Waals surface area (Å²) < 4.78 is 4.70. The van der Waals surface area contributed by atoms with E-state index in [4.69, 9.17) is 14.9 Å². The van der Waals surface area contributed by atoms with Gasteiger partial charge in [0.1, 0.15) is 0 Å². The zero-order chi connectivity index (χ0) is 17.7. The van der Waals surface area contributed by atoms with Crippen LogP contribution in [0.5, 0.6) is 0 Å². The molecule has 0 radical (unpaired) electrons. The first-order valence-electron chi connectivity index (χ1n) is 6.85. The highest BCUT2D eigenvalue weighted by Crippen LogP contribution is 2.30. The quantitative estimate of drug-likeness (QED) is 0.775. The lowest BCUT2D eigenvalue weighted by Gasteiger charge is -2.09. The lowest BCUT2D eigenvalue weighted by atomic mass is 10.0. The number of carbonyl (C=O) groups is 3. The number of methoxy groups -OCH3 is 1. The Labute approximate surface area is 142 Å². The third-order valence-corrected chi connectivity index (χ3v) is 4.16. The van der Waals surface area contributed by atoms with Gasteiger partial charge >= 0.3 is 17.9 Å². The van der Waals surface area contributed by atoms with Crippen LogP contribution in [0.4, 0.5) is 0 Å². The molecule has 0 amide bonds. The number of benzene rings is 2. The summed E-state index contributed by atoms with van der Waals surface area (Å²) in [6, 6.07) is 11.2. The van der Waals surface area contributed by atoms with Gasteiger partial charge < -0.3 is 14.9 Å². The van der Waals surface area contributed by atoms with Crippen LogP contribution in [0.15, 0.2) is 52.3 Å². The molecule has 0 saturated heterocycles. The molecule has 0 spiro atoms. The molecule has 0 aromatic heterocycles. The maximum absolute atomic E-state index is 11.9. The SMILES string of the molecule is COC(=O)c1cc(Sc2ccc(C(=O)O)cc2)ccc1CC(=O)O. The van der Waals surface area contributed by atoms with Gasteiger partial charge in [-0.3, -0.25) is 4.79 Å². The summed E-state index contributed by atoms with van der Waals surface area (Å²) in [4.78, 5) is 35.1. The van der Waals surface area contributed by atoms with Crippen molar-refractivity contribution in [3.8, 4) is 0 Å². The van der Waals surface area contributed by atoms with Gasteiger partial charge in [0.05, 0.1) is 24.7 Å². The van der Waals surface area contributed by atoms with E-state index in [0.29, 0.717) is 10.5 Å². The predicted octanol–water partition coefficient (Wildman–Crippen LogP) is 2.95. The fraction of sp³-hybridized carbons (Fsp3) is 0.118. The second-order valence-electron chi connectivity index (χ2n) is 4.81. The van der Waals surface area contributed by atoms with Gasteiger partial charge in [-0.15, -0.1) is 0 Å². The summed E-state index contributed by atoms with van der Waals surface area (Å²) in [5.74, 6) is -2.64. The molecule has 2 N–H and O–H groups in total. The summed E-state index contributed by atoms with van der Waals surface area (Å²) in [6.07, 6.45) is -0.275. The van der Waals surface area contributed by atoms with Crippen LogP contribution in [0, 0.1) is 0 Å². The van der Waals surface area contributed by atoms with Crippen LogP contribution >= 0.6 is 11.8 Å². The largest absolute Gasteiger partial charge is 0.481 e. The second-order valence-corrected chi connectivity index (χ2v) is 5.96. The second kappa shape index (κ2) is 7.65. The monoisotopic (exact) mass is 346 g/mol. The molecular weight excluding hydrogens is 332 g/mol. The van der Waals surface area contributed by atoms with Gasteiger partial charge in [-0.25, -0.2) is 9.59 Å². The first-order valence-corrected chi connectivity index (χ1v) is 7.66. The number of hydrogen-bond acceptors (Lipinski definition) is 5. The van der Waals surface area contributed by atoms with Crippen LogP contribution in [-0.2, 0) is 16.0 Å². The Morgan fingerprint density at radius 1 is 1.00 bits per heavy atom. The van der Waals surface area contributed by atoms with Crippen molar-refractivity contribution in [1.82, 2.24) is 0 Å². The van der Waals surface area contributed by atoms with Crippen molar-refractivity contribution in [3.05, 3.63) is 59.2 Å². The maximum atomic E-state index is 11.9. The fourth-order valence-corrected chi connectivity index (χ4v) is 2.89. The van der Waals surface area contributed by atoms with Gasteiger partial charge in [-0.1, -0.05) is 17.8 Å². The van der Waals surface area contributed by atoms with Crippen molar-refractivity contribution < 1.29 is 29.3 Å². The molecule has 2 aromatic rings. The lowest BCUT2D eigenvalue weighted by Crippen LogP contribution is -2.09. The zero-order valence-corrected chi connectivity index (χ0v) is 13.5. The molecule has 0 bridgehead atoms. The summed E-state index contributed by atoms with van der Waals surface area (Å²) in [6.45, 7) is 0. The molecule has 0 unspecified atom stereocenters. The average Bonchev–Trinajstić information content (AvgIpc) is 2.55. The highest BCUT2D eigenvalue weighted by atomic mass is 32.2. The van der Waals surface area contributed by atoms with Crippen LogP contribution < -0.4 is 0 Å². The van der Waals surface area contributed by atoms with Crippen LogP contribution in [-0.4, -0.2) is 35.2 Å². The Bertz CT molecular complexity index is 782. The van der Waals surface area contributed by atoms with Crippen molar-refractivity contribution >= 4 is 29.7 Å². The molecule has 6 nitrogen and oxygen atoms in total. The van der Waals surface area contributed by atoms with Crippen molar-refractivity contribution in [1.29, 1.82) is 0 Å². The number of aromatic carboxylic acids is 1. The number of carboxylic acids is 2. The van der Waals surface area contributed by atoms with Gasteiger partial charge in [0.2, 0.25) is 0 Å². The molecule has 0 atom stereocenters. The Balaban J connectivity index is 2.28. The Hall–Kier alpha value is -2.80. The van der Waals surface area contributed by atoms with Crippen LogP contribution in [0.2, 0.25) is 0 Å². The number of hydrogen-bond donors (Lipinski definition) is 2. The van der Waals surface area contributed by atoms with Crippen molar-refractivity contribution in [2.45, 2.75) is 16.2 Å². The molecular formula is C17H14O6S. The average molecular weight is 346 g/mol. The van der Waals surface area contributed by atoms with E-state index < -0.39 is 17.9 Å². The molecule has 2 aromatic carbocycles. The topological polar surface area (TPSA) is 101 Å². The van der Waals surface area contributed by atoms with E-state index in [0.717, 1.165) is 4.90 Å². The third-order valence-electron chi connectivity index (χ3n) is 3.17. The van der Waals surface area contributed by atoms with Crippen LogP contribution in [0.25, 0.3) is 0 Å². The number of ether oxygens (including phenoxy) is 1. The number of aliphatic carboxylic acids is 1. The summed E-state index contributed by atoms with van der Waals surface area (Å²) in [7, 11) is 1.23. The van der Waals surface area contributed by atoms with Crippen molar-refractivity contribution in [2.24, 2.45) is 0 Å². The number of carbonyl (C=O) groups excluding carboxylic acids is 1. The minimum Gasteiger partial charge on any atom is -0.481 e. The number of carboxylic acid groups (broad SMARTS) is 2. The first kappa shape index (κ1) is 17.6. The van der Waals surface area contributed by atoms with Crippen molar-refractivity contribution in [3.63, 3.8) is 0 Å². The van der Waals surface area contributed by atoms with E-state index in [1.165, 1.54) is 31.0 Å². The molecule has 7 heteroatoms. The molecule has 0 aliphatic heterocycles. The number of rotatable bonds is 6. The van der Waals surface area contributed by atoms with E-state index in [2.05, 4.69) is 0 Å². The zero-order valence-electron chi connectivity index (χ0n) is 12.7. The van der Waals surface area contributed by atoms with E-state index >= 15 is 0 Å². The molecule has 2 rings (SSSR count). The smallest absolute Gasteiger partial charge is 0.338 e. The standard InChI is InChI=1S/C17H14O6S/c1-23-17(22)14-9-13(7-4-11(14)8-15(18)19)24-12-5-2-10(3-6-12)16(20)21/h2-7,9H,8H2,1H3,(H,18,19)(H,20,21). The molecule has 0 heterocycles. The van der Waals surface area contributed by atoms with E-state index in [1.807, 2.05) is 0 Å². The van der Waals surface area contributed by atoms with Crippen LogP contribution in [0.3, 0.4) is 0 Å². The normalized spacial score (nSPS) is 10.2. The minimum atomic E-state index is -1.04. The van der Waals surface area contributed by atoms with Gasteiger partial charge in [0.25, 0.3) is 0 Å². The first-order chi connectivity index (χ1) is 11.4. The van der Waals surface area contributed by atoms with Gasteiger partial charge in [-0.05, 0) is 42.0 Å².